The van der Waals surface area contributed by atoms with Crippen LogP contribution in [0.25, 0.3) is 5.69 Å². The van der Waals surface area contributed by atoms with Gasteiger partial charge in [-0.3, -0.25) is 19.1 Å². The fourth-order valence-corrected chi connectivity index (χ4v) is 4.37. The molecule has 3 aromatic rings. The molecule has 1 saturated heterocycles. The second-order valence-corrected chi connectivity index (χ2v) is 8.54. The van der Waals surface area contributed by atoms with E-state index in [2.05, 4.69) is 20.5 Å². The lowest BCUT2D eigenvalue weighted by Gasteiger charge is -2.31. The zero-order chi connectivity index (χ0) is 22.3. The molecule has 1 aliphatic heterocycles. The molecule has 1 aromatic heterocycles. The number of anilines is 1. The van der Waals surface area contributed by atoms with Crippen LogP contribution in [0, 0.1) is 0 Å². The number of carbonyl (C=O) groups is 2. The number of rotatable bonds is 7. The van der Waals surface area contributed by atoms with Crippen molar-refractivity contribution in [2.45, 2.75) is 24.0 Å². The summed E-state index contributed by atoms with van der Waals surface area (Å²) in [6, 6.07) is 17.2. The molecule has 2 aromatic carbocycles. The van der Waals surface area contributed by atoms with Crippen molar-refractivity contribution in [1.82, 2.24) is 19.8 Å². The molecule has 1 aliphatic rings. The van der Waals surface area contributed by atoms with Gasteiger partial charge in [-0.05, 0) is 55.5 Å². The lowest BCUT2D eigenvalue weighted by Crippen LogP contribution is -2.46. The van der Waals surface area contributed by atoms with Crippen LogP contribution in [0.1, 0.15) is 23.2 Å². The molecular formula is C24H27N5O2S. The van der Waals surface area contributed by atoms with Gasteiger partial charge in [-0.2, -0.15) is 0 Å². The third kappa shape index (κ3) is 5.57. The van der Waals surface area contributed by atoms with Gasteiger partial charge in [-0.1, -0.05) is 30.0 Å². The molecule has 166 valence electrons. The minimum absolute atomic E-state index is 0.0127. The van der Waals surface area contributed by atoms with Crippen LogP contribution in [0.15, 0.2) is 72.1 Å². The quantitative estimate of drug-likeness (QED) is 0.541. The minimum Gasteiger partial charge on any atom is -0.349 e. The van der Waals surface area contributed by atoms with Crippen LogP contribution in [0.5, 0.6) is 0 Å². The number of para-hydroxylation sites is 1. The van der Waals surface area contributed by atoms with E-state index in [1.165, 1.54) is 0 Å². The van der Waals surface area contributed by atoms with Crippen molar-refractivity contribution < 1.29 is 9.59 Å². The predicted molar refractivity (Wildman–Crippen MR) is 127 cm³/mol. The summed E-state index contributed by atoms with van der Waals surface area (Å²) >= 11 is 1.58. The Labute approximate surface area is 192 Å². The molecule has 7 nitrogen and oxygen atoms in total. The van der Waals surface area contributed by atoms with Crippen LogP contribution in [0.3, 0.4) is 0 Å². The highest BCUT2D eigenvalue weighted by Crippen LogP contribution is 2.19. The topological polar surface area (TPSA) is 79.3 Å². The smallest absolute Gasteiger partial charge is 0.251 e. The standard InChI is InChI=1S/C24H27N5O2S/c1-32-24-25-13-16-29(24)21-9-7-18(8-10-21)23(31)27-20-11-14-28(15-12-20)17-22(30)26-19-5-3-2-4-6-19/h2-10,13,16,20H,11-12,14-15,17H2,1H3,(H,26,30)(H,27,31). The van der Waals surface area contributed by atoms with Crippen LogP contribution in [0.4, 0.5) is 5.69 Å². The maximum Gasteiger partial charge on any atom is 0.251 e. The molecule has 0 aliphatic carbocycles. The van der Waals surface area contributed by atoms with E-state index in [9.17, 15) is 9.59 Å². The van der Waals surface area contributed by atoms with Gasteiger partial charge in [-0.25, -0.2) is 4.98 Å². The third-order valence-corrected chi connectivity index (χ3v) is 6.21. The predicted octanol–water partition coefficient (Wildman–Crippen LogP) is 3.43. The SMILES string of the molecule is CSc1nccn1-c1ccc(C(=O)NC2CCN(CC(=O)Nc3ccccc3)CC2)cc1. The van der Waals surface area contributed by atoms with E-state index in [0.29, 0.717) is 12.1 Å². The number of aromatic nitrogens is 2. The fraction of sp³-hybridized carbons (Fsp3) is 0.292. The Kier molecular flexibility index (Phi) is 7.24. The van der Waals surface area contributed by atoms with Gasteiger partial charge in [0, 0.05) is 48.5 Å². The Balaban J connectivity index is 1.24. The van der Waals surface area contributed by atoms with Crippen molar-refractivity contribution >= 4 is 29.3 Å². The highest BCUT2D eigenvalue weighted by Gasteiger charge is 2.22. The maximum atomic E-state index is 12.7. The molecule has 0 bridgehead atoms. The fourth-order valence-electron chi connectivity index (χ4n) is 3.84. The molecule has 0 spiro atoms. The average Bonchev–Trinajstić information content (AvgIpc) is 3.30. The molecule has 0 atom stereocenters. The zero-order valence-corrected chi connectivity index (χ0v) is 18.8. The minimum atomic E-state index is -0.0625. The van der Waals surface area contributed by atoms with E-state index in [4.69, 9.17) is 0 Å². The molecule has 2 heterocycles. The molecule has 0 unspecified atom stereocenters. The first-order chi connectivity index (χ1) is 15.6. The highest BCUT2D eigenvalue weighted by atomic mass is 32.2. The van der Waals surface area contributed by atoms with E-state index >= 15 is 0 Å². The summed E-state index contributed by atoms with van der Waals surface area (Å²) in [5.41, 5.74) is 2.43. The first-order valence-corrected chi connectivity index (χ1v) is 11.9. The summed E-state index contributed by atoms with van der Waals surface area (Å²) < 4.78 is 2.00. The van der Waals surface area contributed by atoms with Crippen molar-refractivity contribution in [1.29, 1.82) is 0 Å². The van der Waals surface area contributed by atoms with Crippen molar-refractivity contribution in [2.75, 3.05) is 31.2 Å². The van der Waals surface area contributed by atoms with Gasteiger partial charge in [-0.15, -0.1) is 0 Å². The Hall–Kier alpha value is -3.10. The first-order valence-electron chi connectivity index (χ1n) is 10.7. The number of hydrogen-bond acceptors (Lipinski definition) is 5. The van der Waals surface area contributed by atoms with Crippen molar-refractivity contribution in [2.24, 2.45) is 0 Å². The zero-order valence-electron chi connectivity index (χ0n) is 18.0. The van der Waals surface area contributed by atoms with Crippen molar-refractivity contribution in [3.63, 3.8) is 0 Å². The number of thioether (sulfide) groups is 1. The van der Waals surface area contributed by atoms with Gasteiger partial charge in [0.2, 0.25) is 5.91 Å². The first kappa shape index (κ1) is 22.1. The Morgan fingerprint density at radius 2 is 1.78 bits per heavy atom. The summed E-state index contributed by atoms with van der Waals surface area (Å²) in [7, 11) is 0. The van der Waals surface area contributed by atoms with Crippen LogP contribution in [-0.2, 0) is 4.79 Å². The second-order valence-electron chi connectivity index (χ2n) is 7.77. The van der Waals surface area contributed by atoms with Gasteiger partial charge < -0.3 is 10.6 Å². The lowest BCUT2D eigenvalue weighted by atomic mass is 10.0. The maximum absolute atomic E-state index is 12.7. The van der Waals surface area contributed by atoms with E-state index < -0.39 is 0 Å². The van der Waals surface area contributed by atoms with Crippen molar-refractivity contribution in [3.05, 3.63) is 72.6 Å². The number of nitrogens with zero attached hydrogens (tertiary/aromatic N) is 3. The van der Waals surface area contributed by atoms with Gasteiger partial charge in [0.05, 0.1) is 6.54 Å². The number of piperidine rings is 1. The number of benzene rings is 2. The largest absolute Gasteiger partial charge is 0.349 e. The summed E-state index contributed by atoms with van der Waals surface area (Å²) in [5.74, 6) is -0.0751. The van der Waals surface area contributed by atoms with E-state index in [-0.39, 0.29) is 17.9 Å². The number of nitrogens with one attached hydrogen (secondary N) is 2. The molecule has 0 saturated carbocycles. The molecule has 0 radical (unpaired) electrons. The van der Waals surface area contributed by atoms with E-state index in [0.717, 1.165) is 42.5 Å². The molecule has 8 heteroatoms. The van der Waals surface area contributed by atoms with Crippen LogP contribution in [-0.4, -0.2) is 58.2 Å². The molecule has 2 N–H and O–H groups in total. The number of carbonyl (C=O) groups excluding carboxylic acids is 2. The molecule has 4 rings (SSSR count). The number of imidazole rings is 1. The molecule has 1 fully saturated rings. The van der Waals surface area contributed by atoms with Crippen molar-refractivity contribution in [3.8, 4) is 5.69 Å². The van der Waals surface area contributed by atoms with Crippen LogP contribution >= 0.6 is 11.8 Å². The molecule has 32 heavy (non-hydrogen) atoms. The van der Waals surface area contributed by atoms with Gasteiger partial charge in [0.1, 0.15) is 0 Å². The second kappa shape index (κ2) is 10.5. The molecular weight excluding hydrogens is 422 g/mol. The van der Waals surface area contributed by atoms with E-state index in [1.807, 2.05) is 71.6 Å². The van der Waals surface area contributed by atoms with Crippen LogP contribution < -0.4 is 10.6 Å². The van der Waals surface area contributed by atoms with Gasteiger partial charge >= 0.3 is 0 Å². The van der Waals surface area contributed by atoms with Gasteiger partial charge in [0.25, 0.3) is 5.91 Å². The summed E-state index contributed by atoms with van der Waals surface area (Å²) in [6.07, 6.45) is 7.32. The average molecular weight is 450 g/mol. The monoisotopic (exact) mass is 449 g/mol. The number of likely N-dealkylation sites (tertiary alicyclic amines) is 1. The Morgan fingerprint density at radius 3 is 2.47 bits per heavy atom. The lowest BCUT2D eigenvalue weighted by molar-refractivity contribution is -0.117. The number of hydrogen-bond donors (Lipinski definition) is 2. The summed E-state index contributed by atoms with van der Waals surface area (Å²) in [4.78, 5) is 31.4. The number of amides is 2. The Morgan fingerprint density at radius 1 is 1.06 bits per heavy atom. The normalized spacial score (nSPS) is 14.8. The van der Waals surface area contributed by atoms with E-state index in [1.54, 1.807) is 18.0 Å². The third-order valence-electron chi connectivity index (χ3n) is 5.54. The summed E-state index contributed by atoms with van der Waals surface area (Å²) in [5, 5.41) is 6.96. The summed E-state index contributed by atoms with van der Waals surface area (Å²) in [6.45, 7) is 1.93. The highest BCUT2D eigenvalue weighted by molar-refractivity contribution is 7.98. The van der Waals surface area contributed by atoms with Gasteiger partial charge in [0.15, 0.2) is 5.16 Å². The van der Waals surface area contributed by atoms with Crippen LogP contribution in [0.2, 0.25) is 0 Å². The Bertz CT molecular complexity index is 1040. The molecule has 2 amide bonds.